The summed E-state index contributed by atoms with van der Waals surface area (Å²) in [6, 6.07) is 17.4. The van der Waals surface area contributed by atoms with Gasteiger partial charge in [0, 0.05) is 29.8 Å². The molecule has 0 aliphatic heterocycles. The Hall–Kier alpha value is -6.08. The Balaban J connectivity index is 1.46. The molecule has 3 aromatic carbocycles. The van der Waals surface area contributed by atoms with Gasteiger partial charge in [0.2, 0.25) is 12.7 Å². The summed E-state index contributed by atoms with van der Waals surface area (Å²) in [5, 5.41) is 7.18. The van der Waals surface area contributed by atoms with Crippen LogP contribution < -0.4 is 20.7 Å². The standard InChI is InChI=1S/C38H38F4N6O8S/c1-22(23-6-11-26(39)12-7-23)33(49)44-27-13-8-24(9-14-27)25-10-17-31-45-35(46-47(31)19-25)48(36(51)56-21-55-34(50)32(43)37(2,3)4)29-16-15-28(57(5,52)53)18-30(29)54-20-38(40,41)42/h6-19,22,32H,20-21,43H2,1-5H3,(H,44,49). The summed E-state index contributed by atoms with van der Waals surface area (Å²) < 4.78 is 94.4. The molecule has 0 aliphatic carbocycles. The molecule has 14 nitrogen and oxygen atoms in total. The van der Waals surface area contributed by atoms with E-state index in [9.17, 15) is 40.4 Å². The van der Waals surface area contributed by atoms with Crippen LogP contribution in [-0.4, -0.2) is 72.9 Å². The first-order valence-corrected chi connectivity index (χ1v) is 19.0. The van der Waals surface area contributed by atoms with Gasteiger partial charge in [0.25, 0.3) is 5.95 Å². The van der Waals surface area contributed by atoms with Gasteiger partial charge in [0.05, 0.1) is 16.5 Å². The molecule has 19 heteroatoms. The number of nitrogens with two attached hydrogens (primary N) is 1. The van der Waals surface area contributed by atoms with Gasteiger partial charge in [-0.25, -0.2) is 27.0 Å². The van der Waals surface area contributed by atoms with Gasteiger partial charge in [-0.3, -0.25) is 9.59 Å². The molecule has 0 fully saturated rings. The third-order valence-electron chi connectivity index (χ3n) is 8.51. The van der Waals surface area contributed by atoms with Gasteiger partial charge in [0.15, 0.2) is 22.1 Å². The van der Waals surface area contributed by atoms with Crippen LogP contribution in [0.15, 0.2) is 90.0 Å². The first kappa shape index (κ1) is 42.1. The van der Waals surface area contributed by atoms with Crippen molar-refractivity contribution in [3.8, 4) is 16.9 Å². The number of alkyl halides is 3. The zero-order chi connectivity index (χ0) is 41.9. The Bertz CT molecular complexity index is 2380. The van der Waals surface area contributed by atoms with Crippen LogP contribution in [0.5, 0.6) is 5.75 Å². The Kier molecular flexibility index (Phi) is 12.2. The number of nitrogens with zero attached hydrogens (tertiary/aromatic N) is 4. The van der Waals surface area contributed by atoms with Crippen LogP contribution in [-0.2, 0) is 28.9 Å². The molecular weight excluding hydrogens is 777 g/mol. The highest BCUT2D eigenvalue weighted by atomic mass is 32.2. The number of esters is 1. The Morgan fingerprint density at radius 2 is 1.58 bits per heavy atom. The SMILES string of the molecule is CC(C(=O)Nc1ccc(-c2ccc3nc(N(C(=O)OCOC(=O)C(N)C(C)(C)C)c4ccc(S(C)(=O)=O)cc4OCC(F)(F)F)nn3c2)cc1)c1ccc(F)cc1. The number of anilines is 3. The lowest BCUT2D eigenvalue weighted by molar-refractivity contribution is -0.156. The minimum Gasteiger partial charge on any atom is -0.482 e. The third-order valence-corrected chi connectivity index (χ3v) is 9.62. The van der Waals surface area contributed by atoms with Gasteiger partial charge in [-0.15, -0.1) is 5.10 Å². The second kappa shape index (κ2) is 16.6. The predicted molar refractivity (Wildman–Crippen MR) is 200 cm³/mol. The molecule has 2 amide bonds. The van der Waals surface area contributed by atoms with Gasteiger partial charge in [-0.1, -0.05) is 45.0 Å². The van der Waals surface area contributed by atoms with Crippen LogP contribution >= 0.6 is 0 Å². The Morgan fingerprint density at radius 1 is 0.930 bits per heavy atom. The van der Waals surface area contributed by atoms with Gasteiger partial charge in [-0.2, -0.15) is 18.2 Å². The van der Waals surface area contributed by atoms with Gasteiger partial charge >= 0.3 is 18.2 Å². The molecule has 5 aromatic rings. The van der Waals surface area contributed by atoms with E-state index in [-0.39, 0.29) is 11.6 Å². The normalized spacial score (nSPS) is 13.1. The third kappa shape index (κ3) is 10.6. The van der Waals surface area contributed by atoms with Crippen LogP contribution in [0.4, 0.5) is 39.7 Å². The van der Waals surface area contributed by atoms with Crippen molar-refractivity contribution < 1.29 is 54.6 Å². The number of aromatic nitrogens is 3. The number of carbonyl (C=O) groups is 3. The van der Waals surface area contributed by atoms with E-state index >= 15 is 0 Å². The summed E-state index contributed by atoms with van der Waals surface area (Å²) in [5.74, 6) is -3.30. The maximum absolute atomic E-state index is 13.7. The fourth-order valence-electron chi connectivity index (χ4n) is 5.15. The van der Waals surface area contributed by atoms with E-state index in [0.717, 1.165) is 24.5 Å². The van der Waals surface area contributed by atoms with Crippen molar-refractivity contribution >= 4 is 50.8 Å². The van der Waals surface area contributed by atoms with Crippen LogP contribution in [0.2, 0.25) is 0 Å². The summed E-state index contributed by atoms with van der Waals surface area (Å²) in [6.07, 6.45) is -3.81. The molecule has 0 saturated carbocycles. The first-order chi connectivity index (χ1) is 26.6. The van der Waals surface area contributed by atoms with Gasteiger partial charge in [0.1, 0.15) is 17.6 Å². The lowest BCUT2D eigenvalue weighted by atomic mass is 9.87. The van der Waals surface area contributed by atoms with Crippen LogP contribution in [0.25, 0.3) is 16.8 Å². The monoisotopic (exact) mass is 814 g/mol. The second-order valence-corrected chi connectivity index (χ2v) is 16.0. The molecule has 3 N–H and O–H groups in total. The molecule has 0 radical (unpaired) electrons. The summed E-state index contributed by atoms with van der Waals surface area (Å²) in [4.78, 5) is 43.6. The number of amides is 2. The molecule has 2 heterocycles. The van der Waals surface area contributed by atoms with Crippen molar-refractivity contribution in [2.75, 3.05) is 29.9 Å². The Morgan fingerprint density at radius 3 is 2.19 bits per heavy atom. The summed E-state index contributed by atoms with van der Waals surface area (Å²) in [5.41, 5.74) is 7.34. The van der Waals surface area contributed by atoms with E-state index in [1.165, 1.54) is 28.8 Å². The van der Waals surface area contributed by atoms with Crippen molar-refractivity contribution in [3.05, 3.63) is 96.4 Å². The number of hydrogen-bond donors (Lipinski definition) is 2. The minimum absolute atomic E-state index is 0.165. The van der Waals surface area contributed by atoms with Crippen molar-refractivity contribution in [2.24, 2.45) is 11.1 Å². The number of benzene rings is 3. The number of ether oxygens (including phenoxy) is 3. The van der Waals surface area contributed by atoms with E-state index in [1.807, 2.05) is 0 Å². The molecule has 5 rings (SSSR count). The molecule has 0 spiro atoms. The smallest absolute Gasteiger partial charge is 0.424 e. The highest BCUT2D eigenvalue weighted by Crippen LogP contribution is 2.37. The first-order valence-electron chi connectivity index (χ1n) is 17.1. The lowest BCUT2D eigenvalue weighted by Gasteiger charge is -2.25. The highest BCUT2D eigenvalue weighted by Gasteiger charge is 2.33. The van der Waals surface area contributed by atoms with Crippen LogP contribution in [0.3, 0.4) is 0 Å². The van der Waals surface area contributed by atoms with Crippen molar-refractivity contribution in [2.45, 2.75) is 50.7 Å². The number of halogens is 4. The van der Waals surface area contributed by atoms with E-state index < -0.39 is 86.9 Å². The molecule has 2 aromatic heterocycles. The number of fused-ring (bicyclic) bond motifs is 1. The number of hydrogen-bond acceptors (Lipinski definition) is 11. The number of carbonyl (C=O) groups excluding carboxylic acids is 3. The minimum atomic E-state index is -4.85. The summed E-state index contributed by atoms with van der Waals surface area (Å²) >= 11 is 0. The van der Waals surface area contributed by atoms with Gasteiger partial charge < -0.3 is 25.3 Å². The average Bonchev–Trinajstić information content (AvgIpc) is 3.56. The molecule has 57 heavy (non-hydrogen) atoms. The van der Waals surface area contributed by atoms with Crippen LogP contribution in [0, 0.1) is 11.2 Å². The Labute approximate surface area is 324 Å². The highest BCUT2D eigenvalue weighted by molar-refractivity contribution is 7.90. The predicted octanol–water partition coefficient (Wildman–Crippen LogP) is 6.77. The molecule has 0 saturated heterocycles. The fraction of sp³-hybridized carbons (Fsp3) is 0.289. The quantitative estimate of drug-likeness (QED) is 0.0770. The number of rotatable bonds is 12. The number of sulfone groups is 1. The molecule has 0 bridgehead atoms. The molecule has 2 atom stereocenters. The van der Waals surface area contributed by atoms with E-state index in [1.54, 1.807) is 70.3 Å². The molecular formula is C38H38F4N6O8S. The maximum atomic E-state index is 13.7. The van der Waals surface area contributed by atoms with Crippen LogP contribution in [0.1, 0.15) is 39.2 Å². The molecule has 2 unspecified atom stereocenters. The van der Waals surface area contributed by atoms with Gasteiger partial charge in [-0.05, 0) is 72.0 Å². The van der Waals surface area contributed by atoms with E-state index in [4.69, 9.17) is 19.9 Å². The lowest BCUT2D eigenvalue weighted by Crippen LogP contribution is -2.43. The molecule has 302 valence electrons. The maximum Gasteiger partial charge on any atom is 0.424 e. The summed E-state index contributed by atoms with van der Waals surface area (Å²) in [6.45, 7) is 3.94. The van der Waals surface area contributed by atoms with Crippen molar-refractivity contribution in [1.29, 1.82) is 0 Å². The summed E-state index contributed by atoms with van der Waals surface area (Å²) in [7, 11) is -3.96. The fourth-order valence-corrected chi connectivity index (χ4v) is 5.79. The largest absolute Gasteiger partial charge is 0.482 e. The zero-order valence-corrected chi connectivity index (χ0v) is 32.0. The topological polar surface area (TPSA) is 185 Å². The van der Waals surface area contributed by atoms with E-state index in [0.29, 0.717) is 27.3 Å². The van der Waals surface area contributed by atoms with Crippen molar-refractivity contribution in [3.63, 3.8) is 0 Å². The number of nitrogens with one attached hydrogen (secondary N) is 1. The second-order valence-electron chi connectivity index (χ2n) is 13.9. The number of pyridine rings is 1. The van der Waals surface area contributed by atoms with Crippen molar-refractivity contribution in [1.82, 2.24) is 14.6 Å². The van der Waals surface area contributed by atoms with E-state index in [2.05, 4.69) is 15.4 Å². The molecule has 0 aliphatic rings. The average molecular weight is 815 g/mol. The zero-order valence-electron chi connectivity index (χ0n) is 31.2.